The highest BCUT2D eigenvalue weighted by Gasteiger charge is 2.36. The van der Waals surface area contributed by atoms with Crippen LogP contribution >= 0.6 is 11.6 Å². The Hall–Kier alpha value is -1.69. The Kier molecular flexibility index (Phi) is 5.27. The van der Waals surface area contributed by atoms with Crippen LogP contribution < -0.4 is 4.72 Å². The Morgan fingerprint density at radius 3 is 2.44 bits per heavy atom. The zero-order valence-electron chi connectivity index (χ0n) is 13.9. The van der Waals surface area contributed by atoms with E-state index in [4.69, 9.17) is 11.6 Å². The highest BCUT2D eigenvalue weighted by atomic mass is 35.5. The Morgan fingerprint density at radius 1 is 1.08 bits per heavy atom. The van der Waals surface area contributed by atoms with E-state index in [1.54, 1.807) is 48.5 Å². The van der Waals surface area contributed by atoms with E-state index in [2.05, 4.69) is 4.72 Å². The van der Waals surface area contributed by atoms with Crippen molar-refractivity contribution in [1.82, 2.24) is 4.72 Å². The smallest absolute Gasteiger partial charge is 0.240 e. The Balaban J connectivity index is 1.81. The van der Waals surface area contributed by atoms with Crippen molar-refractivity contribution in [3.05, 3.63) is 64.7 Å². The number of sulfonamides is 1. The van der Waals surface area contributed by atoms with Crippen LogP contribution in [0.25, 0.3) is 0 Å². The lowest BCUT2D eigenvalue weighted by Gasteiger charge is -2.20. The van der Waals surface area contributed by atoms with E-state index < -0.39 is 16.1 Å². The summed E-state index contributed by atoms with van der Waals surface area (Å²) in [6, 6.07) is 13.2. The zero-order valence-corrected chi connectivity index (χ0v) is 15.5. The molecule has 4 nitrogen and oxygen atoms in total. The molecular formula is C19H20ClNO3S. The number of nitrogens with one attached hydrogen (secondary N) is 1. The lowest BCUT2D eigenvalue weighted by atomic mass is 9.93. The van der Waals surface area contributed by atoms with Crippen molar-refractivity contribution in [2.75, 3.05) is 0 Å². The van der Waals surface area contributed by atoms with Crippen LogP contribution in [0, 0.1) is 12.8 Å². The molecule has 6 heteroatoms. The van der Waals surface area contributed by atoms with Crippen molar-refractivity contribution >= 4 is 27.4 Å². The number of aryl methyl sites for hydroxylation is 1. The maximum atomic E-state index is 12.8. The highest BCUT2D eigenvalue weighted by molar-refractivity contribution is 7.89. The van der Waals surface area contributed by atoms with Crippen molar-refractivity contribution in [3.8, 4) is 0 Å². The van der Waals surface area contributed by atoms with Crippen LogP contribution in [-0.2, 0) is 10.0 Å². The van der Waals surface area contributed by atoms with E-state index in [0.717, 1.165) is 12.0 Å². The first-order valence-electron chi connectivity index (χ1n) is 8.26. The van der Waals surface area contributed by atoms with Gasteiger partial charge in [-0.3, -0.25) is 4.79 Å². The van der Waals surface area contributed by atoms with Crippen LogP contribution in [0.4, 0.5) is 0 Å². The van der Waals surface area contributed by atoms with E-state index in [0.29, 0.717) is 23.4 Å². The van der Waals surface area contributed by atoms with Crippen LogP contribution in [0.5, 0.6) is 0 Å². The largest absolute Gasteiger partial charge is 0.294 e. The molecule has 1 N–H and O–H groups in total. The normalized spacial score (nSPS) is 20.6. The monoisotopic (exact) mass is 377 g/mol. The summed E-state index contributed by atoms with van der Waals surface area (Å²) in [4.78, 5) is 13.0. The van der Waals surface area contributed by atoms with Gasteiger partial charge >= 0.3 is 0 Å². The second-order valence-corrected chi connectivity index (χ2v) is 8.54. The van der Waals surface area contributed by atoms with Crippen molar-refractivity contribution < 1.29 is 13.2 Å². The van der Waals surface area contributed by atoms with E-state index >= 15 is 0 Å². The van der Waals surface area contributed by atoms with Gasteiger partial charge in [0.2, 0.25) is 10.0 Å². The second-order valence-electron chi connectivity index (χ2n) is 6.42. The minimum atomic E-state index is -3.65. The fraction of sp³-hybridized carbons (Fsp3) is 0.316. The molecule has 1 fully saturated rings. The summed E-state index contributed by atoms with van der Waals surface area (Å²) in [5, 5.41) is 0.402. The maximum Gasteiger partial charge on any atom is 0.240 e. The molecular weight excluding hydrogens is 358 g/mol. The third-order valence-corrected chi connectivity index (χ3v) is 6.47. The molecule has 0 heterocycles. The maximum absolute atomic E-state index is 12.8. The first-order valence-corrected chi connectivity index (χ1v) is 10.1. The molecule has 0 aliphatic heterocycles. The summed E-state index contributed by atoms with van der Waals surface area (Å²) < 4.78 is 28.0. The molecule has 2 aromatic rings. The lowest BCUT2D eigenvalue weighted by Crippen LogP contribution is -2.40. The van der Waals surface area contributed by atoms with Gasteiger partial charge in [0.25, 0.3) is 0 Å². The van der Waals surface area contributed by atoms with E-state index in [-0.39, 0.29) is 16.6 Å². The van der Waals surface area contributed by atoms with E-state index in [1.807, 2.05) is 6.92 Å². The van der Waals surface area contributed by atoms with Gasteiger partial charge in [-0.15, -0.1) is 0 Å². The third-order valence-electron chi connectivity index (χ3n) is 4.63. The summed E-state index contributed by atoms with van der Waals surface area (Å²) in [6.45, 7) is 1.90. The van der Waals surface area contributed by atoms with E-state index in [1.165, 1.54) is 0 Å². The predicted octanol–water partition coefficient (Wildman–Crippen LogP) is 3.98. The molecule has 2 aromatic carbocycles. The molecule has 1 saturated carbocycles. The number of benzene rings is 2. The predicted molar refractivity (Wildman–Crippen MR) is 98.4 cm³/mol. The summed E-state index contributed by atoms with van der Waals surface area (Å²) in [5.74, 6) is -0.486. The fourth-order valence-electron chi connectivity index (χ4n) is 3.26. The number of hydrogen-bond acceptors (Lipinski definition) is 3. The van der Waals surface area contributed by atoms with Gasteiger partial charge in [-0.1, -0.05) is 47.9 Å². The van der Waals surface area contributed by atoms with E-state index in [9.17, 15) is 13.2 Å². The van der Waals surface area contributed by atoms with Gasteiger partial charge in [0, 0.05) is 17.5 Å². The summed E-state index contributed by atoms with van der Waals surface area (Å²) in [7, 11) is -3.65. The van der Waals surface area contributed by atoms with Crippen molar-refractivity contribution in [2.24, 2.45) is 5.92 Å². The molecule has 2 atom stereocenters. The Morgan fingerprint density at radius 2 is 1.76 bits per heavy atom. The molecule has 0 aromatic heterocycles. The first-order chi connectivity index (χ1) is 11.9. The van der Waals surface area contributed by atoms with Crippen LogP contribution in [0.3, 0.4) is 0 Å². The van der Waals surface area contributed by atoms with Gasteiger partial charge in [-0.25, -0.2) is 13.1 Å². The fourth-order valence-corrected chi connectivity index (χ4v) is 4.80. The first kappa shape index (κ1) is 18.1. The number of carbonyl (C=O) groups excluding carboxylic acids is 1. The van der Waals surface area contributed by atoms with Crippen LogP contribution in [0.15, 0.2) is 53.4 Å². The van der Waals surface area contributed by atoms with Gasteiger partial charge in [0.05, 0.1) is 9.92 Å². The van der Waals surface area contributed by atoms with Gasteiger partial charge in [-0.2, -0.15) is 0 Å². The third kappa shape index (κ3) is 3.94. The minimum Gasteiger partial charge on any atom is -0.294 e. The van der Waals surface area contributed by atoms with Crippen molar-refractivity contribution in [2.45, 2.75) is 37.1 Å². The van der Waals surface area contributed by atoms with Crippen molar-refractivity contribution in [1.29, 1.82) is 0 Å². The molecule has 0 bridgehead atoms. The standard InChI is InChI=1S/C19H20ClNO3S/c1-13-9-11-14(12-10-13)25(23,24)21-18-8-4-6-16(18)19(22)15-5-2-3-7-17(15)20/h2-3,5,7,9-12,16,18,21H,4,6,8H2,1H3/t16-,18+/m1/s1. The topological polar surface area (TPSA) is 63.2 Å². The number of carbonyl (C=O) groups is 1. The van der Waals surface area contributed by atoms with Gasteiger partial charge in [-0.05, 0) is 44.0 Å². The van der Waals surface area contributed by atoms with Gasteiger partial charge in [0.15, 0.2) is 5.78 Å². The van der Waals surface area contributed by atoms with Crippen LogP contribution in [0.1, 0.15) is 35.2 Å². The molecule has 0 amide bonds. The number of Topliss-reactive ketones (excluding diaryl/α,β-unsaturated/α-hetero) is 1. The molecule has 0 unspecified atom stereocenters. The highest BCUT2D eigenvalue weighted by Crippen LogP contribution is 2.32. The summed E-state index contributed by atoms with van der Waals surface area (Å²) in [6.07, 6.45) is 2.11. The molecule has 0 saturated heterocycles. The van der Waals surface area contributed by atoms with Crippen LogP contribution in [-0.4, -0.2) is 20.2 Å². The second kappa shape index (κ2) is 7.28. The number of ketones is 1. The Bertz CT molecular complexity index is 878. The molecule has 132 valence electrons. The molecule has 1 aliphatic rings. The summed E-state index contributed by atoms with van der Waals surface area (Å²) in [5.41, 5.74) is 1.45. The average Bonchev–Trinajstić information content (AvgIpc) is 3.02. The number of hydrogen-bond donors (Lipinski definition) is 1. The Labute approximate surface area is 153 Å². The quantitative estimate of drug-likeness (QED) is 0.801. The number of halogens is 1. The lowest BCUT2D eigenvalue weighted by molar-refractivity contribution is 0.0910. The van der Waals surface area contributed by atoms with Gasteiger partial charge in [0.1, 0.15) is 0 Å². The average molecular weight is 378 g/mol. The van der Waals surface area contributed by atoms with Crippen LogP contribution in [0.2, 0.25) is 5.02 Å². The molecule has 3 rings (SSSR count). The van der Waals surface area contributed by atoms with Gasteiger partial charge < -0.3 is 0 Å². The SMILES string of the molecule is Cc1ccc(S(=O)(=O)N[C@H]2CCC[C@H]2C(=O)c2ccccc2Cl)cc1. The molecule has 1 aliphatic carbocycles. The molecule has 0 spiro atoms. The minimum absolute atomic E-state index is 0.0975. The molecule has 25 heavy (non-hydrogen) atoms. The molecule has 0 radical (unpaired) electrons. The number of rotatable bonds is 5. The zero-order chi connectivity index (χ0) is 18.0. The summed E-state index contributed by atoms with van der Waals surface area (Å²) >= 11 is 6.13. The van der Waals surface area contributed by atoms with Crippen molar-refractivity contribution in [3.63, 3.8) is 0 Å².